The lowest BCUT2D eigenvalue weighted by molar-refractivity contribution is 0.0789. The van der Waals surface area contributed by atoms with Gasteiger partial charge in [0, 0.05) is 7.05 Å². The van der Waals surface area contributed by atoms with E-state index in [1.807, 2.05) is 24.3 Å². The lowest BCUT2D eigenvalue weighted by Crippen LogP contribution is -2.41. The number of rotatable bonds is 3. The molecule has 0 bridgehead atoms. The van der Waals surface area contributed by atoms with Crippen LogP contribution in [0.1, 0.15) is 16.1 Å². The van der Waals surface area contributed by atoms with Crippen molar-refractivity contribution in [2.75, 3.05) is 13.2 Å². The highest BCUT2D eigenvalue weighted by molar-refractivity contribution is 6.06. The first-order valence-corrected chi connectivity index (χ1v) is 8.16. The van der Waals surface area contributed by atoms with Crippen LogP contribution in [0.25, 0.3) is 11.1 Å². The molecule has 0 saturated carbocycles. The SMILES string of the molecule is Cc1oc2ncn(C)c(=O)c2c1C(=O)NCC1COc2ccccc2O1. The van der Waals surface area contributed by atoms with Crippen LogP contribution in [0.5, 0.6) is 11.5 Å². The number of amides is 1. The Labute approximate surface area is 148 Å². The van der Waals surface area contributed by atoms with Crippen molar-refractivity contribution in [2.24, 2.45) is 7.05 Å². The average molecular weight is 355 g/mol. The van der Waals surface area contributed by atoms with E-state index >= 15 is 0 Å². The zero-order chi connectivity index (χ0) is 18.3. The van der Waals surface area contributed by atoms with Gasteiger partial charge in [-0.15, -0.1) is 0 Å². The third-order valence-corrected chi connectivity index (χ3v) is 4.23. The first kappa shape index (κ1) is 16.2. The van der Waals surface area contributed by atoms with Crippen LogP contribution in [0.15, 0.2) is 39.8 Å². The van der Waals surface area contributed by atoms with Crippen molar-refractivity contribution >= 4 is 17.0 Å². The number of hydrogen-bond donors (Lipinski definition) is 1. The van der Waals surface area contributed by atoms with E-state index in [0.717, 1.165) is 0 Å². The van der Waals surface area contributed by atoms with Gasteiger partial charge in [-0.05, 0) is 19.1 Å². The highest BCUT2D eigenvalue weighted by atomic mass is 16.6. The highest BCUT2D eigenvalue weighted by Gasteiger charge is 2.25. The minimum atomic E-state index is -0.409. The molecule has 0 fully saturated rings. The minimum absolute atomic E-state index is 0.155. The van der Waals surface area contributed by atoms with Gasteiger partial charge >= 0.3 is 0 Å². The number of nitrogens with one attached hydrogen (secondary N) is 1. The summed E-state index contributed by atoms with van der Waals surface area (Å²) < 4.78 is 18.2. The molecule has 1 aromatic carbocycles. The Morgan fingerprint density at radius 1 is 1.35 bits per heavy atom. The monoisotopic (exact) mass is 355 g/mol. The van der Waals surface area contributed by atoms with Crippen LogP contribution >= 0.6 is 0 Å². The molecule has 1 atom stereocenters. The fraction of sp³-hybridized carbons (Fsp3) is 0.278. The highest BCUT2D eigenvalue weighted by Crippen LogP contribution is 2.30. The van der Waals surface area contributed by atoms with E-state index in [2.05, 4.69) is 10.3 Å². The number of nitrogens with zero attached hydrogens (tertiary/aromatic N) is 2. The molecule has 1 aliphatic rings. The number of ether oxygens (including phenoxy) is 2. The second-order valence-corrected chi connectivity index (χ2v) is 6.08. The van der Waals surface area contributed by atoms with E-state index < -0.39 is 5.91 Å². The van der Waals surface area contributed by atoms with Gasteiger partial charge < -0.3 is 23.8 Å². The summed E-state index contributed by atoms with van der Waals surface area (Å²) in [5, 5.41) is 2.96. The minimum Gasteiger partial charge on any atom is -0.486 e. The second kappa shape index (κ2) is 6.21. The number of aromatic nitrogens is 2. The number of carbonyl (C=O) groups is 1. The topological polar surface area (TPSA) is 95.6 Å². The standard InChI is InChI=1S/C18H17N3O5/c1-10-14(15-17(25-10)20-9-21(2)18(15)23)16(22)19-7-11-8-24-12-5-3-4-6-13(12)26-11/h3-6,9,11H,7-8H2,1-2H3,(H,19,22). The summed E-state index contributed by atoms with van der Waals surface area (Å²) >= 11 is 0. The number of fused-ring (bicyclic) bond motifs is 2. The van der Waals surface area contributed by atoms with E-state index in [-0.39, 0.29) is 34.9 Å². The Bertz CT molecular complexity index is 1050. The summed E-state index contributed by atoms with van der Waals surface area (Å²) in [6, 6.07) is 7.36. The molecule has 8 heteroatoms. The normalized spacial score (nSPS) is 15.8. The summed E-state index contributed by atoms with van der Waals surface area (Å²) in [4.78, 5) is 29.0. The molecule has 0 radical (unpaired) electrons. The van der Waals surface area contributed by atoms with Crippen LogP contribution in [0.3, 0.4) is 0 Å². The van der Waals surface area contributed by atoms with Gasteiger partial charge in [-0.2, -0.15) is 0 Å². The Kier molecular flexibility index (Phi) is 3.87. The third-order valence-electron chi connectivity index (χ3n) is 4.23. The van der Waals surface area contributed by atoms with Crippen molar-refractivity contribution < 1.29 is 18.7 Å². The molecule has 0 spiro atoms. The zero-order valence-electron chi connectivity index (χ0n) is 14.3. The maximum absolute atomic E-state index is 12.6. The van der Waals surface area contributed by atoms with Crippen molar-refractivity contribution in [3.63, 3.8) is 0 Å². The molecule has 1 N–H and O–H groups in total. The largest absolute Gasteiger partial charge is 0.486 e. The van der Waals surface area contributed by atoms with Crippen molar-refractivity contribution in [3.8, 4) is 11.5 Å². The molecular weight excluding hydrogens is 338 g/mol. The van der Waals surface area contributed by atoms with Crippen LogP contribution in [0.2, 0.25) is 0 Å². The zero-order valence-corrected chi connectivity index (χ0v) is 14.3. The number of hydrogen-bond acceptors (Lipinski definition) is 6. The van der Waals surface area contributed by atoms with Crippen LogP contribution in [0, 0.1) is 6.92 Å². The molecule has 0 aliphatic carbocycles. The van der Waals surface area contributed by atoms with Crippen molar-refractivity contribution in [1.82, 2.24) is 14.9 Å². The van der Waals surface area contributed by atoms with Crippen molar-refractivity contribution in [2.45, 2.75) is 13.0 Å². The van der Waals surface area contributed by atoms with Crippen LogP contribution < -0.4 is 20.3 Å². The maximum atomic E-state index is 12.6. The molecule has 26 heavy (non-hydrogen) atoms. The summed E-state index contributed by atoms with van der Waals surface area (Å²) in [5.74, 6) is 1.26. The fourth-order valence-corrected chi connectivity index (χ4v) is 2.92. The Morgan fingerprint density at radius 2 is 2.12 bits per heavy atom. The Morgan fingerprint density at radius 3 is 2.92 bits per heavy atom. The van der Waals surface area contributed by atoms with Crippen LogP contribution in [-0.2, 0) is 7.05 Å². The van der Waals surface area contributed by atoms with Crippen LogP contribution in [0.4, 0.5) is 0 Å². The van der Waals surface area contributed by atoms with E-state index in [1.54, 1.807) is 14.0 Å². The number of furan rings is 1. The van der Waals surface area contributed by atoms with E-state index in [9.17, 15) is 9.59 Å². The predicted molar refractivity (Wildman–Crippen MR) is 92.7 cm³/mol. The first-order chi connectivity index (χ1) is 12.5. The second-order valence-electron chi connectivity index (χ2n) is 6.08. The fourth-order valence-electron chi connectivity index (χ4n) is 2.92. The number of benzene rings is 1. The molecule has 0 saturated heterocycles. The van der Waals surface area contributed by atoms with E-state index in [4.69, 9.17) is 13.9 Å². The molecule has 1 aliphatic heterocycles. The first-order valence-electron chi connectivity index (χ1n) is 8.16. The number of carbonyl (C=O) groups excluding carboxylic acids is 1. The smallest absolute Gasteiger partial charge is 0.265 e. The third kappa shape index (κ3) is 2.69. The molecule has 1 unspecified atom stereocenters. The summed E-state index contributed by atoms with van der Waals surface area (Å²) in [7, 11) is 1.57. The van der Waals surface area contributed by atoms with Crippen molar-refractivity contribution in [1.29, 1.82) is 0 Å². The molecular formula is C18H17N3O5. The Hall–Kier alpha value is -3.29. The molecule has 3 aromatic rings. The lowest BCUT2D eigenvalue weighted by atomic mass is 10.1. The van der Waals surface area contributed by atoms with Gasteiger partial charge in [-0.25, -0.2) is 4.98 Å². The summed E-state index contributed by atoms with van der Waals surface area (Å²) in [5.41, 5.74) is 0.0240. The van der Waals surface area contributed by atoms with Crippen molar-refractivity contribution in [3.05, 3.63) is 52.3 Å². The van der Waals surface area contributed by atoms with Gasteiger partial charge in [0.25, 0.3) is 11.5 Å². The number of aryl methyl sites for hydroxylation is 2. The van der Waals surface area contributed by atoms with Crippen LogP contribution in [-0.4, -0.2) is 34.7 Å². The predicted octanol–water partition coefficient (Wildman–Crippen LogP) is 1.40. The summed E-state index contributed by atoms with van der Waals surface area (Å²) in [6.07, 6.45) is 1.04. The molecule has 134 valence electrons. The van der Waals surface area contributed by atoms with Gasteiger partial charge in [-0.3, -0.25) is 9.59 Å². The molecule has 4 rings (SSSR count). The van der Waals surface area contributed by atoms with Gasteiger partial charge in [0.05, 0.1) is 12.1 Å². The molecule has 2 aromatic heterocycles. The summed E-state index contributed by atoms with van der Waals surface area (Å²) in [6.45, 7) is 2.19. The lowest BCUT2D eigenvalue weighted by Gasteiger charge is -2.26. The maximum Gasteiger partial charge on any atom is 0.265 e. The van der Waals surface area contributed by atoms with Gasteiger partial charge in [0.2, 0.25) is 5.71 Å². The van der Waals surface area contributed by atoms with Gasteiger partial charge in [0.1, 0.15) is 30.2 Å². The number of para-hydroxylation sites is 2. The molecule has 8 nitrogen and oxygen atoms in total. The molecule has 3 heterocycles. The van der Waals surface area contributed by atoms with Gasteiger partial charge in [-0.1, -0.05) is 12.1 Å². The molecule has 1 amide bonds. The Balaban J connectivity index is 1.53. The average Bonchev–Trinajstić information content (AvgIpc) is 2.99. The van der Waals surface area contributed by atoms with E-state index in [0.29, 0.717) is 23.9 Å². The van der Waals surface area contributed by atoms with E-state index in [1.165, 1.54) is 10.9 Å². The quantitative estimate of drug-likeness (QED) is 0.763. The van der Waals surface area contributed by atoms with Gasteiger partial charge in [0.15, 0.2) is 11.5 Å².